The van der Waals surface area contributed by atoms with Crippen LogP contribution in [0.2, 0.25) is 0 Å². The average Bonchev–Trinajstić information content (AvgIpc) is 2.45. The Morgan fingerprint density at radius 1 is 1.43 bits per heavy atom. The van der Waals surface area contributed by atoms with Crippen LogP contribution in [0.4, 0.5) is 4.79 Å². The van der Waals surface area contributed by atoms with Crippen LogP contribution in [0.15, 0.2) is 12.4 Å². The number of hydrogen-bond acceptors (Lipinski definition) is 4. The van der Waals surface area contributed by atoms with Gasteiger partial charge >= 0.3 is 12.0 Å². The van der Waals surface area contributed by atoms with Gasteiger partial charge in [-0.3, -0.25) is 9.97 Å². The summed E-state index contributed by atoms with van der Waals surface area (Å²) in [5, 5.41) is 12.0. The lowest BCUT2D eigenvalue weighted by Crippen LogP contribution is -2.54. The predicted molar refractivity (Wildman–Crippen MR) is 75.5 cm³/mol. The number of carbonyl (C=O) groups excluding carboxylic acids is 1. The molecule has 2 N–H and O–H groups in total. The number of piperidine rings is 1. The number of urea groups is 1. The zero-order valence-corrected chi connectivity index (χ0v) is 12.2. The topological polar surface area (TPSA) is 95.4 Å². The number of aryl methyl sites for hydroxylation is 1. The molecule has 0 radical (unpaired) electrons. The molecule has 0 saturated carbocycles. The van der Waals surface area contributed by atoms with Crippen LogP contribution in [0.5, 0.6) is 0 Å². The van der Waals surface area contributed by atoms with E-state index in [0.717, 1.165) is 18.5 Å². The first kappa shape index (κ1) is 15.2. The smallest absolute Gasteiger partial charge is 0.326 e. The monoisotopic (exact) mass is 292 g/mol. The van der Waals surface area contributed by atoms with E-state index >= 15 is 0 Å². The van der Waals surface area contributed by atoms with Crippen molar-refractivity contribution in [2.24, 2.45) is 5.92 Å². The van der Waals surface area contributed by atoms with Crippen molar-refractivity contribution in [1.82, 2.24) is 20.2 Å². The summed E-state index contributed by atoms with van der Waals surface area (Å²) in [4.78, 5) is 33.2. The van der Waals surface area contributed by atoms with Crippen LogP contribution in [0.3, 0.4) is 0 Å². The minimum Gasteiger partial charge on any atom is -0.480 e. The van der Waals surface area contributed by atoms with Crippen molar-refractivity contribution in [2.75, 3.05) is 6.54 Å². The second-order valence-electron chi connectivity index (χ2n) is 5.40. The molecule has 2 unspecified atom stereocenters. The van der Waals surface area contributed by atoms with Crippen LogP contribution < -0.4 is 5.32 Å². The van der Waals surface area contributed by atoms with E-state index in [4.69, 9.17) is 0 Å². The second-order valence-corrected chi connectivity index (χ2v) is 5.40. The Morgan fingerprint density at radius 3 is 2.81 bits per heavy atom. The standard InChI is InChI=1S/C14H20N4O3/c1-9-4-3-5-18(12(9)13(19)20)14(21)17-8-11-7-15-10(2)6-16-11/h6-7,9,12H,3-5,8H2,1-2H3,(H,17,21)(H,19,20). The summed E-state index contributed by atoms with van der Waals surface area (Å²) in [6, 6.07) is -1.13. The molecule has 7 nitrogen and oxygen atoms in total. The molecule has 21 heavy (non-hydrogen) atoms. The zero-order valence-electron chi connectivity index (χ0n) is 12.2. The Kier molecular flexibility index (Phi) is 4.72. The van der Waals surface area contributed by atoms with E-state index in [9.17, 15) is 14.7 Å². The van der Waals surface area contributed by atoms with E-state index in [1.165, 1.54) is 4.90 Å². The van der Waals surface area contributed by atoms with E-state index in [1.54, 1.807) is 12.4 Å². The van der Waals surface area contributed by atoms with Crippen LogP contribution in [-0.4, -0.2) is 44.6 Å². The molecule has 0 bridgehead atoms. The molecule has 2 heterocycles. The molecular formula is C14H20N4O3. The molecule has 1 aromatic rings. The van der Waals surface area contributed by atoms with Gasteiger partial charge in [0.25, 0.3) is 0 Å². The van der Waals surface area contributed by atoms with E-state index in [-0.39, 0.29) is 18.5 Å². The number of carbonyl (C=O) groups is 2. The van der Waals surface area contributed by atoms with Crippen molar-refractivity contribution in [3.05, 3.63) is 23.8 Å². The molecule has 1 aliphatic heterocycles. The predicted octanol–water partition coefficient (Wildman–Crippen LogP) is 1.18. The summed E-state index contributed by atoms with van der Waals surface area (Å²) in [7, 11) is 0. The van der Waals surface area contributed by atoms with E-state index in [1.807, 2.05) is 13.8 Å². The normalized spacial score (nSPS) is 21.9. The lowest BCUT2D eigenvalue weighted by atomic mass is 9.91. The van der Waals surface area contributed by atoms with Gasteiger partial charge in [0, 0.05) is 12.7 Å². The molecule has 1 fully saturated rings. The van der Waals surface area contributed by atoms with Gasteiger partial charge in [0.05, 0.1) is 24.1 Å². The molecular weight excluding hydrogens is 272 g/mol. The molecule has 1 saturated heterocycles. The highest BCUT2D eigenvalue weighted by Crippen LogP contribution is 2.23. The Morgan fingerprint density at radius 2 is 2.19 bits per heavy atom. The fraction of sp³-hybridized carbons (Fsp3) is 0.571. The molecule has 2 rings (SSSR count). The molecule has 0 aromatic carbocycles. The van der Waals surface area contributed by atoms with Crippen molar-refractivity contribution < 1.29 is 14.7 Å². The Labute approximate surface area is 123 Å². The first-order valence-electron chi connectivity index (χ1n) is 7.04. The molecule has 0 aliphatic carbocycles. The number of carboxylic acids is 1. The minimum absolute atomic E-state index is 0.0406. The number of carboxylic acid groups (broad SMARTS) is 1. The lowest BCUT2D eigenvalue weighted by Gasteiger charge is -2.37. The maximum absolute atomic E-state index is 12.2. The fourth-order valence-corrected chi connectivity index (χ4v) is 2.57. The summed E-state index contributed by atoms with van der Waals surface area (Å²) in [6.45, 7) is 4.40. The Balaban J connectivity index is 1.98. The van der Waals surface area contributed by atoms with E-state index < -0.39 is 12.0 Å². The summed E-state index contributed by atoms with van der Waals surface area (Å²) < 4.78 is 0. The van der Waals surface area contributed by atoms with Crippen molar-refractivity contribution in [3.8, 4) is 0 Å². The van der Waals surface area contributed by atoms with Crippen molar-refractivity contribution in [1.29, 1.82) is 0 Å². The quantitative estimate of drug-likeness (QED) is 0.872. The fourth-order valence-electron chi connectivity index (χ4n) is 2.57. The zero-order chi connectivity index (χ0) is 15.4. The molecule has 1 aromatic heterocycles. The van der Waals surface area contributed by atoms with Crippen LogP contribution in [0, 0.1) is 12.8 Å². The number of nitrogens with one attached hydrogen (secondary N) is 1. The van der Waals surface area contributed by atoms with Crippen LogP contribution >= 0.6 is 0 Å². The lowest BCUT2D eigenvalue weighted by molar-refractivity contribution is -0.145. The highest BCUT2D eigenvalue weighted by atomic mass is 16.4. The number of nitrogens with zero attached hydrogens (tertiary/aromatic N) is 3. The maximum Gasteiger partial charge on any atom is 0.326 e. The highest BCUT2D eigenvalue weighted by molar-refractivity contribution is 5.83. The van der Waals surface area contributed by atoms with E-state index in [0.29, 0.717) is 12.2 Å². The van der Waals surface area contributed by atoms with Gasteiger partial charge in [0.1, 0.15) is 6.04 Å². The average molecular weight is 292 g/mol. The summed E-state index contributed by atoms with van der Waals surface area (Å²) in [5.74, 6) is -0.992. The van der Waals surface area contributed by atoms with Gasteiger partial charge in [-0.2, -0.15) is 0 Å². The van der Waals surface area contributed by atoms with Gasteiger partial charge in [-0.15, -0.1) is 0 Å². The summed E-state index contributed by atoms with van der Waals surface area (Å²) >= 11 is 0. The maximum atomic E-state index is 12.2. The first-order valence-corrected chi connectivity index (χ1v) is 7.04. The number of aliphatic carboxylic acids is 1. The largest absolute Gasteiger partial charge is 0.480 e. The third-order valence-electron chi connectivity index (χ3n) is 3.70. The molecule has 1 aliphatic rings. The first-order chi connectivity index (χ1) is 9.99. The number of amides is 2. The number of aromatic nitrogens is 2. The molecule has 2 amide bonds. The SMILES string of the molecule is Cc1cnc(CNC(=O)N2CCCC(C)C2C(=O)O)cn1. The highest BCUT2D eigenvalue weighted by Gasteiger charge is 2.36. The number of likely N-dealkylation sites (tertiary alicyclic amines) is 1. The van der Waals surface area contributed by atoms with Gasteiger partial charge in [-0.1, -0.05) is 6.92 Å². The van der Waals surface area contributed by atoms with Gasteiger partial charge < -0.3 is 15.3 Å². The summed E-state index contributed by atoms with van der Waals surface area (Å²) in [5.41, 5.74) is 1.45. The third kappa shape index (κ3) is 3.68. The number of rotatable bonds is 3. The molecule has 7 heteroatoms. The molecule has 0 spiro atoms. The van der Waals surface area contributed by atoms with Gasteiger partial charge in [-0.05, 0) is 25.7 Å². The van der Waals surface area contributed by atoms with Crippen LogP contribution in [0.1, 0.15) is 31.2 Å². The Hall–Kier alpha value is -2.18. The van der Waals surface area contributed by atoms with E-state index in [2.05, 4.69) is 15.3 Å². The number of hydrogen-bond donors (Lipinski definition) is 2. The van der Waals surface area contributed by atoms with Crippen LogP contribution in [0.25, 0.3) is 0 Å². The summed E-state index contributed by atoms with van der Waals surface area (Å²) in [6.07, 6.45) is 4.88. The molecule has 114 valence electrons. The third-order valence-corrected chi connectivity index (χ3v) is 3.70. The van der Waals surface area contributed by atoms with Gasteiger partial charge in [0.15, 0.2) is 0 Å². The van der Waals surface area contributed by atoms with Crippen molar-refractivity contribution >= 4 is 12.0 Å². The molecule has 2 atom stereocenters. The van der Waals surface area contributed by atoms with Gasteiger partial charge in [0.2, 0.25) is 0 Å². The van der Waals surface area contributed by atoms with Crippen LogP contribution in [-0.2, 0) is 11.3 Å². The second kappa shape index (κ2) is 6.51. The Bertz CT molecular complexity index is 517. The minimum atomic E-state index is -0.951. The van der Waals surface area contributed by atoms with Gasteiger partial charge in [-0.25, -0.2) is 9.59 Å². The van der Waals surface area contributed by atoms with Crippen molar-refractivity contribution in [2.45, 2.75) is 39.3 Å². The van der Waals surface area contributed by atoms with Crippen molar-refractivity contribution in [3.63, 3.8) is 0 Å².